The number of pyridine rings is 1. The second-order valence-corrected chi connectivity index (χ2v) is 7.99. The molecule has 0 saturated heterocycles. The Labute approximate surface area is 176 Å². The van der Waals surface area contributed by atoms with E-state index in [1.54, 1.807) is 27.8 Å². The molecule has 3 aromatic heterocycles. The van der Waals surface area contributed by atoms with Crippen molar-refractivity contribution >= 4 is 28.7 Å². The van der Waals surface area contributed by atoms with E-state index in [0.717, 1.165) is 11.3 Å². The van der Waals surface area contributed by atoms with Crippen LogP contribution in [0, 0.1) is 0 Å². The van der Waals surface area contributed by atoms with Crippen LogP contribution in [0.1, 0.15) is 18.0 Å². The Hall–Kier alpha value is -3.46. The Morgan fingerprint density at radius 3 is 2.77 bits per heavy atom. The summed E-state index contributed by atoms with van der Waals surface area (Å²) in [6, 6.07) is 13.1. The Balaban J connectivity index is 1.39. The van der Waals surface area contributed by atoms with Gasteiger partial charge in [0.2, 0.25) is 5.91 Å². The Bertz CT molecular complexity index is 1270. The highest BCUT2D eigenvalue weighted by atomic mass is 32.2. The predicted octanol–water partition coefficient (Wildman–Crippen LogP) is 2.33. The fourth-order valence-electron chi connectivity index (χ4n) is 3.53. The Morgan fingerprint density at radius 2 is 1.97 bits per heavy atom. The monoisotopic (exact) mass is 418 g/mol. The number of thioether (sulfide) groups is 1. The molecule has 1 atom stereocenters. The third kappa shape index (κ3) is 3.37. The Kier molecular flexibility index (Phi) is 4.80. The van der Waals surface area contributed by atoms with Gasteiger partial charge in [0.1, 0.15) is 5.39 Å². The average Bonchev–Trinajstić information content (AvgIpc) is 3.39. The fraction of sp³-hybridized carbons (Fsp3) is 0.190. The topological polar surface area (TPSA) is 94.7 Å². The highest BCUT2D eigenvalue weighted by molar-refractivity contribution is 7.99. The van der Waals surface area contributed by atoms with Gasteiger partial charge >= 0.3 is 0 Å². The number of nitrogens with zero attached hydrogens (tertiary/aromatic N) is 5. The van der Waals surface area contributed by atoms with Crippen LogP contribution in [0.25, 0.3) is 16.7 Å². The largest absolute Gasteiger partial charge is 0.352 e. The number of hydrogen-bond donors (Lipinski definition) is 1. The highest BCUT2D eigenvalue weighted by Crippen LogP contribution is 2.33. The average molecular weight is 418 g/mol. The molecule has 1 amide bonds. The molecule has 1 aliphatic rings. The minimum atomic E-state index is -0.230. The standard InChI is InChI=1S/C21H18N6O2S/c28-18(23-11-14-6-8-22-9-7-14)10-16-13-30-21-25-19-17(20(29)26(16)21)12-24-27(19)15-4-2-1-3-5-15/h1-9,12,16H,10-11,13H2,(H,23,28). The quantitative estimate of drug-likeness (QED) is 0.500. The van der Waals surface area contributed by atoms with E-state index in [1.807, 2.05) is 42.5 Å². The zero-order valence-corrected chi connectivity index (χ0v) is 16.7. The normalized spacial score (nSPS) is 15.3. The number of carbonyl (C=O) groups excluding carboxylic acids is 1. The third-order valence-corrected chi connectivity index (χ3v) is 6.13. The molecule has 4 aromatic rings. The van der Waals surface area contributed by atoms with Gasteiger partial charge in [-0.15, -0.1) is 0 Å². The van der Waals surface area contributed by atoms with Crippen LogP contribution in [0.4, 0.5) is 0 Å². The van der Waals surface area contributed by atoms with E-state index in [1.165, 1.54) is 11.8 Å². The zero-order chi connectivity index (χ0) is 20.5. The molecule has 0 bridgehead atoms. The minimum absolute atomic E-state index is 0.0998. The summed E-state index contributed by atoms with van der Waals surface area (Å²) in [4.78, 5) is 34.3. The lowest BCUT2D eigenvalue weighted by molar-refractivity contribution is -0.121. The molecule has 0 aliphatic carbocycles. The zero-order valence-electron chi connectivity index (χ0n) is 15.9. The maximum Gasteiger partial charge on any atom is 0.265 e. The van der Waals surface area contributed by atoms with Crippen molar-refractivity contribution in [2.75, 3.05) is 5.75 Å². The second kappa shape index (κ2) is 7.75. The smallest absolute Gasteiger partial charge is 0.265 e. The number of rotatable bonds is 5. The van der Waals surface area contributed by atoms with Crippen molar-refractivity contribution in [2.45, 2.75) is 24.2 Å². The van der Waals surface area contributed by atoms with Crippen LogP contribution in [0.3, 0.4) is 0 Å². The van der Waals surface area contributed by atoms with E-state index in [-0.39, 0.29) is 23.9 Å². The first kappa shape index (κ1) is 18.6. The van der Waals surface area contributed by atoms with Crippen molar-refractivity contribution in [3.63, 3.8) is 0 Å². The van der Waals surface area contributed by atoms with Crippen molar-refractivity contribution in [1.82, 2.24) is 29.6 Å². The molecular formula is C21H18N6O2S. The molecule has 1 unspecified atom stereocenters. The number of fused-ring (bicyclic) bond motifs is 2. The molecule has 150 valence electrons. The highest BCUT2D eigenvalue weighted by Gasteiger charge is 2.29. The minimum Gasteiger partial charge on any atom is -0.352 e. The van der Waals surface area contributed by atoms with Crippen molar-refractivity contribution in [3.8, 4) is 5.69 Å². The van der Waals surface area contributed by atoms with E-state index < -0.39 is 0 Å². The van der Waals surface area contributed by atoms with E-state index >= 15 is 0 Å². The summed E-state index contributed by atoms with van der Waals surface area (Å²) in [5.74, 6) is 0.535. The van der Waals surface area contributed by atoms with Gasteiger partial charge in [-0.1, -0.05) is 30.0 Å². The van der Waals surface area contributed by atoms with Crippen molar-refractivity contribution in [2.24, 2.45) is 0 Å². The summed E-state index contributed by atoms with van der Waals surface area (Å²) < 4.78 is 3.31. The van der Waals surface area contributed by atoms with Crippen LogP contribution in [-0.2, 0) is 11.3 Å². The first-order chi connectivity index (χ1) is 14.7. The molecular weight excluding hydrogens is 400 g/mol. The first-order valence-electron chi connectivity index (χ1n) is 9.55. The van der Waals surface area contributed by atoms with Gasteiger partial charge < -0.3 is 5.32 Å². The van der Waals surface area contributed by atoms with Gasteiger partial charge in [0, 0.05) is 31.1 Å². The maximum absolute atomic E-state index is 13.2. The molecule has 1 aliphatic heterocycles. The van der Waals surface area contributed by atoms with Crippen molar-refractivity contribution in [1.29, 1.82) is 0 Å². The van der Waals surface area contributed by atoms with Crippen molar-refractivity contribution in [3.05, 3.63) is 77.0 Å². The molecule has 1 N–H and O–H groups in total. The molecule has 0 fully saturated rings. The lowest BCUT2D eigenvalue weighted by atomic mass is 10.2. The lowest BCUT2D eigenvalue weighted by Crippen LogP contribution is -2.30. The summed E-state index contributed by atoms with van der Waals surface area (Å²) in [6.07, 6.45) is 5.16. The molecule has 5 rings (SSSR count). The molecule has 0 radical (unpaired) electrons. The summed E-state index contributed by atoms with van der Waals surface area (Å²) in [5, 5.41) is 8.35. The van der Waals surface area contributed by atoms with Crippen LogP contribution in [0.2, 0.25) is 0 Å². The molecule has 1 aromatic carbocycles. The van der Waals surface area contributed by atoms with Gasteiger partial charge in [-0.2, -0.15) is 5.10 Å². The molecule has 9 heteroatoms. The molecule has 0 saturated carbocycles. The van der Waals surface area contributed by atoms with Crippen LogP contribution < -0.4 is 10.9 Å². The molecule has 4 heterocycles. The van der Waals surface area contributed by atoms with Crippen LogP contribution in [0.15, 0.2) is 71.0 Å². The maximum atomic E-state index is 13.2. The van der Waals surface area contributed by atoms with Gasteiger partial charge in [0.05, 0.1) is 17.9 Å². The number of benzene rings is 1. The number of nitrogens with one attached hydrogen (secondary N) is 1. The van der Waals surface area contributed by atoms with Crippen LogP contribution >= 0.6 is 11.8 Å². The van der Waals surface area contributed by atoms with Gasteiger partial charge in [0.15, 0.2) is 10.8 Å². The van der Waals surface area contributed by atoms with Crippen molar-refractivity contribution < 1.29 is 4.79 Å². The number of aromatic nitrogens is 5. The third-order valence-electron chi connectivity index (χ3n) is 5.03. The number of carbonyl (C=O) groups is 1. The molecule has 0 spiro atoms. The van der Waals surface area contributed by atoms with E-state index in [2.05, 4.69) is 15.4 Å². The summed E-state index contributed by atoms with van der Waals surface area (Å²) in [6.45, 7) is 0.435. The SMILES string of the molecule is O=C(CC1CSc2nc3c(cnn3-c3ccccc3)c(=O)n21)NCc1ccncc1. The van der Waals surface area contributed by atoms with E-state index in [0.29, 0.717) is 28.5 Å². The van der Waals surface area contributed by atoms with Crippen LogP contribution in [0.5, 0.6) is 0 Å². The number of para-hydroxylation sites is 1. The molecule has 30 heavy (non-hydrogen) atoms. The Morgan fingerprint density at radius 1 is 1.17 bits per heavy atom. The van der Waals surface area contributed by atoms with E-state index in [4.69, 9.17) is 4.98 Å². The summed E-state index contributed by atoms with van der Waals surface area (Å²) in [5.41, 5.74) is 2.20. The summed E-state index contributed by atoms with van der Waals surface area (Å²) in [7, 11) is 0. The first-order valence-corrected chi connectivity index (χ1v) is 10.5. The van der Waals surface area contributed by atoms with Gasteiger partial charge in [-0.25, -0.2) is 9.67 Å². The number of hydrogen-bond acceptors (Lipinski definition) is 6. The van der Waals surface area contributed by atoms with E-state index in [9.17, 15) is 9.59 Å². The lowest BCUT2D eigenvalue weighted by Gasteiger charge is -2.13. The summed E-state index contributed by atoms with van der Waals surface area (Å²) >= 11 is 1.49. The number of amides is 1. The van der Waals surface area contributed by atoms with Gasteiger partial charge in [-0.05, 0) is 29.8 Å². The fourth-order valence-corrected chi connectivity index (χ4v) is 4.66. The molecule has 8 nitrogen and oxygen atoms in total. The van der Waals surface area contributed by atoms with Gasteiger partial charge in [-0.3, -0.25) is 19.1 Å². The second-order valence-electron chi connectivity index (χ2n) is 7.00. The van der Waals surface area contributed by atoms with Gasteiger partial charge in [0.25, 0.3) is 5.56 Å². The van der Waals surface area contributed by atoms with Crippen LogP contribution in [-0.4, -0.2) is 36.0 Å². The predicted molar refractivity (Wildman–Crippen MR) is 114 cm³/mol.